The fraction of sp³-hybridized carbons (Fsp3) is 0.194. The van der Waals surface area contributed by atoms with Crippen LogP contribution in [0.15, 0.2) is 101 Å². The van der Waals surface area contributed by atoms with Gasteiger partial charge in [-0.3, -0.25) is 14.2 Å². The second kappa shape index (κ2) is 12.7. The van der Waals surface area contributed by atoms with Gasteiger partial charge in [0, 0.05) is 18.2 Å². The number of aromatic nitrogens is 2. The summed E-state index contributed by atoms with van der Waals surface area (Å²) >= 11 is 1.75. The summed E-state index contributed by atoms with van der Waals surface area (Å²) in [5.74, 6) is -2.00. The van der Waals surface area contributed by atoms with Gasteiger partial charge in [0.2, 0.25) is 0 Å². The molecule has 0 bridgehead atoms. The maximum absolute atomic E-state index is 13.5. The minimum absolute atomic E-state index is 0.000952. The molecule has 5 rings (SSSR count). The van der Waals surface area contributed by atoms with Gasteiger partial charge in [-0.15, -0.1) is 0 Å². The van der Waals surface area contributed by atoms with Crippen molar-refractivity contribution < 1.29 is 28.6 Å². The lowest BCUT2D eigenvalue weighted by Gasteiger charge is -2.19. The molecule has 1 fully saturated rings. The average molecular weight is 680 g/mol. The predicted molar refractivity (Wildman–Crippen MR) is 159 cm³/mol. The quantitative estimate of drug-likeness (QED) is 0.212. The van der Waals surface area contributed by atoms with Gasteiger partial charge in [-0.25, -0.2) is 14.4 Å². The van der Waals surface area contributed by atoms with E-state index in [1.807, 2.05) is 6.92 Å². The van der Waals surface area contributed by atoms with E-state index in [1.54, 1.807) is 95.4 Å². The normalized spacial score (nSPS) is 17.9. The van der Waals surface area contributed by atoms with Crippen LogP contribution in [0.5, 0.6) is 0 Å². The monoisotopic (exact) mass is 680 g/mol. The zero-order valence-electron chi connectivity index (χ0n) is 22.3. The highest BCUT2D eigenvalue weighted by Gasteiger charge is 2.41. The third-order valence-electron chi connectivity index (χ3n) is 6.72. The Morgan fingerprint density at radius 3 is 2.07 bits per heavy atom. The molecule has 1 aromatic heterocycles. The van der Waals surface area contributed by atoms with E-state index in [4.69, 9.17) is 14.2 Å². The van der Waals surface area contributed by atoms with Gasteiger partial charge in [0.1, 0.15) is 25.0 Å². The molecule has 1 aliphatic heterocycles. The Bertz CT molecular complexity index is 1730. The highest BCUT2D eigenvalue weighted by molar-refractivity contribution is 14.1. The average Bonchev–Trinajstić information content (AvgIpc) is 3.40. The van der Waals surface area contributed by atoms with E-state index in [1.165, 1.54) is 18.3 Å². The zero-order chi connectivity index (χ0) is 29.8. The van der Waals surface area contributed by atoms with Crippen molar-refractivity contribution >= 4 is 40.4 Å². The number of carbonyl (C=O) groups excluding carboxylic acids is 3. The number of esters is 2. The first-order valence-electron chi connectivity index (χ1n) is 13.0. The van der Waals surface area contributed by atoms with Gasteiger partial charge in [-0.05, 0) is 65.9 Å². The molecule has 1 aliphatic rings. The maximum Gasteiger partial charge on any atom is 0.340 e. The molecule has 4 aromatic rings. The van der Waals surface area contributed by atoms with E-state index in [0.717, 1.165) is 10.1 Å². The van der Waals surface area contributed by atoms with Crippen LogP contribution >= 0.6 is 22.6 Å². The molecular formula is C31H25IN2O8. The van der Waals surface area contributed by atoms with Crippen molar-refractivity contribution in [1.29, 1.82) is 0 Å². The summed E-state index contributed by atoms with van der Waals surface area (Å²) in [6.45, 7) is 1.58. The molecule has 0 aliphatic carbocycles. The molecular weight excluding hydrogens is 655 g/mol. The third-order valence-corrected chi connectivity index (χ3v) is 7.46. The molecule has 0 N–H and O–H groups in total. The minimum atomic E-state index is -1.03. The molecule has 0 spiro atoms. The molecule has 11 heteroatoms. The Balaban J connectivity index is 1.44. The van der Waals surface area contributed by atoms with E-state index >= 15 is 0 Å². The summed E-state index contributed by atoms with van der Waals surface area (Å²) in [6, 6.07) is 23.2. The highest BCUT2D eigenvalue weighted by atomic mass is 127. The fourth-order valence-corrected chi connectivity index (χ4v) is 5.03. The molecule has 0 saturated carbocycles. The van der Waals surface area contributed by atoms with Crippen LogP contribution in [0, 0.1) is 10.5 Å². The number of hydrogen-bond acceptors (Lipinski definition) is 8. The van der Waals surface area contributed by atoms with Crippen LogP contribution in [0.3, 0.4) is 0 Å². The largest absolute Gasteiger partial charge is 0.459 e. The topological polar surface area (TPSA) is 123 Å². The molecule has 42 heavy (non-hydrogen) atoms. The van der Waals surface area contributed by atoms with Crippen molar-refractivity contribution in [2.45, 2.75) is 31.8 Å². The summed E-state index contributed by atoms with van der Waals surface area (Å²) in [4.78, 5) is 65.2. The van der Waals surface area contributed by atoms with Crippen LogP contribution in [0.2, 0.25) is 0 Å². The van der Waals surface area contributed by atoms with Crippen molar-refractivity contribution in [2.24, 2.45) is 0 Å². The number of aryl methyl sites for hydroxylation is 1. The van der Waals surface area contributed by atoms with E-state index < -0.39 is 47.5 Å². The molecule has 3 aromatic carbocycles. The van der Waals surface area contributed by atoms with Crippen LogP contribution in [0.1, 0.15) is 49.3 Å². The SMILES string of the molecule is Cc1ccc(C(=O)n2c(=O)c(I)cn(C3CC(OC(=O)c4ccccc4)C(COC(=O)c4ccccc4)O3)c2=O)cc1. The number of halogens is 1. The van der Waals surface area contributed by atoms with E-state index in [9.17, 15) is 24.0 Å². The second-order valence-corrected chi connectivity index (χ2v) is 10.8. The Kier molecular flexibility index (Phi) is 8.78. The van der Waals surface area contributed by atoms with E-state index in [2.05, 4.69) is 0 Å². The van der Waals surface area contributed by atoms with Crippen molar-refractivity contribution in [2.75, 3.05) is 6.61 Å². The van der Waals surface area contributed by atoms with Gasteiger partial charge in [0.15, 0.2) is 0 Å². The van der Waals surface area contributed by atoms with Crippen LogP contribution in [-0.2, 0) is 14.2 Å². The number of hydrogen-bond donors (Lipinski definition) is 0. The van der Waals surface area contributed by atoms with Crippen molar-refractivity contribution in [3.8, 4) is 0 Å². The maximum atomic E-state index is 13.5. The Morgan fingerprint density at radius 2 is 1.45 bits per heavy atom. The summed E-state index contributed by atoms with van der Waals surface area (Å²) < 4.78 is 19.1. The van der Waals surface area contributed by atoms with Gasteiger partial charge in [0.05, 0.1) is 14.7 Å². The van der Waals surface area contributed by atoms with Crippen LogP contribution in [0.25, 0.3) is 0 Å². The summed E-state index contributed by atoms with van der Waals surface area (Å²) in [5.41, 5.74) is 0.0450. The predicted octanol–water partition coefficient (Wildman–Crippen LogP) is 3.98. The van der Waals surface area contributed by atoms with Crippen molar-refractivity contribution in [3.05, 3.63) is 138 Å². The molecule has 214 valence electrons. The molecule has 0 amide bonds. The van der Waals surface area contributed by atoms with Crippen LogP contribution in [-0.4, -0.2) is 45.8 Å². The zero-order valence-corrected chi connectivity index (χ0v) is 24.5. The lowest BCUT2D eigenvalue weighted by Crippen LogP contribution is -2.45. The Labute approximate surface area is 253 Å². The summed E-state index contributed by atoms with van der Waals surface area (Å²) in [7, 11) is 0. The smallest absolute Gasteiger partial charge is 0.340 e. The number of carbonyl (C=O) groups is 3. The van der Waals surface area contributed by atoms with Gasteiger partial charge < -0.3 is 14.2 Å². The third kappa shape index (κ3) is 6.26. The first-order valence-corrected chi connectivity index (χ1v) is 14.1. The van der Waals surface area contributed by atoms with Gasteiger partial charge in [-0.2, -0.15) is 4.57 Å². The Morgan fingerprint density at radius 1 is 0.857 bits per heavy atom. The summed E-state index contributed by atoms with van der Waals surface area (Å²) in [6.07, 6.45) is -1.59. The lowest BCUT2D eigenvalue weighted by atomic mass is 10.1. The second-order valence-electron chi connectivity index (χ2n) is 9.62. The van der Waals surface area contributed by atoms with Crippen LogP contribution < -0.4 is 11.2 Å². The standard InChI is InChI=1S/C31H25IN2O8/c1-19-12-14-20(15-13-19)27(35)34-28(36)23(32)17-33(31(34)39)26-16-24(42-30(38)22-10-6-3-7-11-22)25(41-26)18-40-29(37)21-8-4-2-5-9-21/h2-15,17,24-26H,16,18H2,1H3. The Hall–Kier alpha value is -4.36. The number of benzene rings is 3. The molecule has 3 unspecified atom stereocenters. The first kappa shape index (κ1) is 29.1. The summed E-state index contributed by atoms with van der Waals surface area (Å²) in [5, 5.41) is 0. The lowest BCUT2D eigenvalue weighted by molar-refractivity contribution is -0.0585. The first-order chi connectivity index (χ1) is 20.2. The molecule has 0 radical (unpaired) electrons. The number of rotatable bonds is 7. The molecule has 2 heterocycles. The molecule has 10 nitrogen and oxygen atoms in total. The number of ether oxygens (including phenoxy) is 3. The van der Waals surface area contributed by atoms with Crippen molar-refractivity contribution in [1.82, 2.24) is 9.13 Å². The van der Waals surface area contributed by atoms with Gasteiger partial charge in [0.25, 0.3) is 11.5 Å². The van der Waals surface area contributed by atoms with Gasteiger partial charge >= 0.3 is 17.6 Å². The van der Waals surface area contributed by atoms with Crippen LogP contribution in [0.4, 0.5) is 0 Å². The highest BCUT2D eigenvalue weighted by Crippen LogP contribution is 2.31. The minimum Gasteiger partial charge on any atom is -0.459 e. The molecule has 1 saturated heterocycles. The fourth-order valence-electron chi connectivity index (χ4n) is 4.49. The van der Waals surface area contributed by atoms with E-state index in [0.29, 0.717) is 15.7 Å². The molecule has 3 atom stereocenters. The van der Waals surface area contributed by atoms with Gasteiger partial charge in [-0.1, -0.05) is 54.1 Å². The number of nitrogens with zero attached hydrogens (tertiary/aromatic N) is 2. The van der Waals surface area contributed by atoms with E-state index in [-0.39, 0.29) is 22.2 Å². The van der Waals surface area contributed by atoms with Crippen molar-refractivity contribution in [3.63, 3.8) is 0 Å².